The second kappa shape index (κ2) is 8.52. The van der Waals surface area contributed by atoms with Gasteiger partial charge in [-0.25, -0.2) is 0 Å². The molecule has 1 aromatic carbocycles. The van der Waals surface area contributed by atoms with Crippen LogP contribution >= 0.6 is 0 Å². The molecule has 0 bridgehead atoms. The summed E-state index contributed by atoms with van der Waals surface area (Å²) in [5, 5.41) is 5.71. The molecule has 0 aliphatic carbocycles. The highest BCUT2D eigenvalue weighted by Gasteiger charge is 2.35. The van der Waals surface area contributed by atoms with E-state index in [2.05, 4.69) is 10.6 Å². The fraction of sp³-hybridized carbons (Fsp3) is 0.550. The van der Waals surface area contributed by atoms with Crippen LogP contribution in [0.1, 0.15) is 43.5 Å². The van der Waals surface area contributed by atoms with Gasteiger partial charge in [0.1, 0.15) is 0 Å². The number of carbonyl (C=O) groups is 3. The molecule has 3 rings (SSSR count). The van der Waals surface area contributed by atoms with Gasteiger partial charge < -0.3 is 20.3 Å². The third-order valence-electron chi connectivity index (χ3n) is 5.10. The summed E-state index contributed by atoms with van der Waals surface area (Å²) < 4.78 is 5.52. The Hall–Kier alpha value is -2.41. The molecule has 1 aromatic rings. The maximum absolute atomic E-state index is 12.6. The smallest absolute Gasteiger partial charge is 0.253 e. The van der Waals surface area contributed by atoms with Gasteiger partial charge in [-0.2, -0.15) is 0 Å². The van der Waals surface area contributed by atoms with Gasteiger partial charge in [0.05, 0.1) is 23.3 Å². The van der Waals surface area contributed by atoms with Crippen LogP contribution in [0.2, 0.25) is 0 Å². The van der Waals surface area contributed by atoms with Gasteiger partial charge in [-0.3, -0.25) is 14.4 Å². The first kappa shape index (κ1) is 19.4. The van der Waals surface area contributed by atoms with Crippen LogP contribution in [0, 0.1) is 5.92 Å². The Balaban J connectivity index is 1.62. The molecule has 0 saturated carbocycles. The van der Waals surface area contributed by atoms with Gasteiger partial charge in [0, 0.05) is 32.2 Å². The van der Waals surface area contributed by atoms with E-state index in [1.165, 1.54) is 0 Å². The summed E-state index contributed by atoms with van der Waals surface area (Å²) in [6, 6.07) is 6.99. The lowest BCUT2D eigenvalue weighted by Gasteiger charge is -2.21. The zero-order valence-corrected chi connectivity index (χ0v) is 15.9. The predicted molar refractivity (Wildman–Crippen MR) is 101 cm³/mol. The van der Waals surface area contributed by atoms with E-state index in [1.54, 1.807) is 29.2 Å². The van der Waals surface area contributed by atoms with Crippen molar-refractivity contribution in [2.75, 3.05) is 25.0 Å². The Morgan fingerprint density at radius 2 is 2.07 bits per heavy atom. The molecule has 2 aliphatic heterocycles. The number of nitrogens with zero attached hydrogens (tertiary/aromatic N) is 1. The summed E-state index contributed by atoms with van der Waals surface area (Å²) in [4.78, 5) is 38.9. The van der Waals surface area contributed by atoms with Crippen LogP contribution < -0.4 is 10.6 Å². The van der Waals surface area contributed by atoms with Crippen LogP contribution in [0.15, 0.2) is 24.3 Å². The number of carbonyl (C=O) groups excluding carboxylic acids is 3. The van der Waals surface area contributed by atoms with Crippen molar-refractivity contribution in [3.8, 4) is 0 Å². The van der Waals surface area contributed by atoms with Crippen LogP contribution in [-0.4, -0.2) is 54.5 Å². The summed E-state index contributed by atoms with van der Waals surface area (Å²) in [6.45, 7) is 5.48. The fourth-order valence-corrected chi connectivity index (χ4v) is 3.54. The van der Waals surface area contributed by atoms with Crippen LogP contribution in [0.25, 0.3) is 0 Å². The number of hydrogen-bond acceptors (Lipinski definition) is 4. The first-order valence-corrected chi connectivity index (χ1v) is 9.55. The molecule has 2 atom stereocenters. The number of ether oxygens (including phenoxy) is 1. The highest BCUT2D eigenvalue weighted by Crippen LogP contribution is 2.23. The van der Waals surface area contributed by atoms with Crippen molar-refractivity contribution in [2.45, 2.75) is 45.3 Å². The van der Waals surface area contributed by atoms with Gasteiger partial charge in [-0.1, -0.05) is 12.1 Å². The molecule has 2 heterocycles. The highest BCUT2D eigenvalue weighted by molar-refractivity contribution is 6.05. The van der Waals surface area contributed by atoms with Gasteiger partial charge in [0.2, 0.25) is 11.8 Å². The van der Waals surface area contributed by atoms with E-state index in [1.807, 2.05) is 13.8 Å². The van der Waals surface area contributed by atoms with Gasteiger partial charge >= 0.3 is 0 Å². The average molecular weight is 373 g/mol. The average Bonchev–Trinajstić information content (AvgIpc) is 3.29. The van der Waals surface area contributed by atoms with Gasteiger partial charge in [0.15, 0.2) is 0 Å². The predicted octanol–water partition coefficient (Wildman–Crippen LogP) is 1.79. The fourth-order valence-electron chi connectivity index (χ4n) is 3.54. The van der Waals surface area contributed by atoms with E-state index in [4.69, 9.17) is 4.74 Å². The van der Waals surface area contributed by atoms with Crippen molar-refractivity contribution >= 4 is 23.4 Å². The molecule has 0 unspecified atom stereocenters. The molecule has 146 valence electrons. The van der Waals surface area contributed by atoms with Gasteiger partial charge in [-0.05, 0) is 38.8 Å². The number of rotatable bonds is 6. The molecule has 3 amide bonds. The van der Waals surface area contributed by atoms with Crippen molar-refractivity contribution < 1.29 is 19.1 Å². The largest absolute Gasteiger partial charge is 0.376 e. The molecule has 2 aliphatic rings. The van der Waals surface area contributed by atoms with Crippen LogP contribution in [0.3, 0.4) is 0 Å². The molecule has 7 nitrogen and oxygen atoms in total. The van der Waals surface area contributed by atoms with Gasteiger partial charge in [0.25, 0.3) is 5.91 Å². The number of anilines is 1. The number of likely N-dealkylation sites (tertiary alicyclic amines) is 1. The number of para-hydroxylation sites is 1. The summed E-state index contributed by atoms with van der Waals surface area (Å²) in [5.74, 6) is -0.880. The lowest BCUT2D eigenvalue weighted by atomic mass is 10.1. The summed E-state index contributed by atoms with van der Waals surface area (Å²) in [5.41, 5.74) is 0.872. The van der Waals surface area contributed by atoms with E-state index >= 15 is 0 Å². The first-order valence-electron chi connectivity index (χ1n) is 9.55. The molecular formula is C20H27N3O4. The minimum Gasteiger partial charge on any atom is -0.376 e. The van der Waals surface area contributed by atoms with E-state index in [-0.39, 0.29) is 36.3 Å². The normalized spacial score (nSPS) is 22.3. The van der Waals surface area contributed by atoms with E-state index < -0.39 is 5.92 Å². The van der Waals surface area contributed by atoms with Crippen molar-refractivity contribution in [3.05, 3.63) is 29.8 Å². The molecule has 2 fully saturated rings. The molecule has 0 spiro atoms. The second-order valence-electron chi connectivity index (χ2n) is 7.42. The maximum Gasteiger partial charge on any atom is 0.253 e. The van der Waals surface area contributed by atoms with E-state index in [0.29, 0.717) is 24.3 Å². The van der Waals surface area contributed by atoms with E-state index in [0.717, 1.165) is 19.4 Å². The summed E-state index contributed by atoms with van der Waals surface area (Å²) >= 11 is 0. The number of amides is 3. The molecule has 27 heavy (non-hydrogen) atoms. The van der Waals surface area contributed by atoms with Crippen LogP contribution in [0.5, 0.6) is 0 Å². The number of benzene rings is 1. The van der Waals surface area contributed by atoms with Crippen LogP contribution in [-0.2, 0) is 14.3 Å². The molecule has 2 saturated heterocycles. The topological polar surface area (TPSA) is 87.7 Å². The standard InChI is InChI=1S/C20H27N3O4/c1-13(2)23-12-14(10-18(23)24)19(25)22-17-8-4-3-7-16(17)20(26)21-11-15-6-5-9-27-15/h3-4,7-8,13-15H,5-6,9-12H2,1-2H3,(H,21,26)(H,22,25)/t14-,15+/m1/s1. The summed E-state index contributed by atoms with van der Waals surface area (Å²) in [6.07, 6.45) is 2.22. The van der Waals surface area contributed by atoms with Crippen LogP contribution in [0.4, 0.5) is 5.69 Å². The zero-order valence-electron chi connectivity index (χ0n) is 15.9. The quantitative estimate of drug-likeness (QED) is 0.796. The summed E-state index contributed by atoms with van der Waals surface area (Å²) in [7, 11) is 0. The Bertz CT molecular complexity index is 713. The van der Waals surface area contributed by atoms with Crippen molar-refractivity contribution in [2.24, 2.45) is 5.92 Å². The van der Waals surface area contributed by atoms with E-state index in [9.17, 15) is 14.4 Å². The first-order chi connectivity index (χ1) is 13.0. The van der Waals surface area contributed by atoms with Crippen molar-refractivity contribution in [1.82, 2.24) is 10.2 Å². The van der Waals surface area contributed by atoms with Crippen molar-refractivity contribution in [3.63, 3.8) is 0 Å². The third kappa shape index (κ3) is 4.66. The molecule has 0 radical (unpaired) electrons. The number of hydrogen-bond donors (Lipinski definition) is 2. The Morgan fingerprint density at radius 3 is 2.74 bits per heavy atom. The molecule has 2 N–H and O–H groups in total. The Labute approximate surface area is 159 Å². The molecule has 0 aromatic heterocycles. The Morgan fingerprint density at radius 1 is 1.30 bits per heavy atom. The minimum atomic E-state index is -0.400. The third-order valence-corrected chi connectivity index (χ3v) is 5.10. The highest BCUT2D eigenvalue weighted by atomic mass is 16.5. The molecule has 7 heteroatoms. The zero-order chi connectivity index (χ0) is 19.4. The SMILES string of the molecule is CC(C)N1C[C@H](C(=O)Nc2ccccc2C(=O)NC[C@@H]2CCCO2)CC1=O. The Kier molecular flexibility index (Phi) is 6.11. The lowest BCUT2D eigenvalue weighted by Crippen LogP contribution is -2.34. The number of nitrogens with one attached hydrogen (secondary N) is 2. The monoisotopic (exact) mass is 373 g/mol. The second-order valence-corrected chi connectivity index (χ2v) is 7.42. The minimum absolute atomic E-state index is 0.00672. The van der Waals surface area contributed by atoms with Crippen molar-refractivity contribution in [1.29, 1.82) is 0 Å². The maximum atomic E-state index is 12.6. The lowest BCUT2D eigenvalue weighted by molar-refractivity contribution is -0.129. The van der Waals surface area contributed by atoms with Gasteiger partial charge in [-0.15, -0.1) is 0 Å². The molecular weight excluding hydrogens is 346 g/mol.